The standard InChI is InChI=1S/C25H21ClN2O3/c1-13-9-15(3)22(16(4)10-13)23(29)27-18-6-8-21(14(2)11-18)28-24(30)19-7-5-17(26)12-20(19)25(28)31/h5-12H,1-4H3,(H,27,29). The molecule has 1 aliphatic heterocycles. The first kappa shape index (κ1) is 20.8. The van der Waals surface area contributed by atoms with Gasteiger partial charge in [-0.25, -0.2) is 4.90 Å². The van der Waals surface area contributed by atoms with Gasteiger partial charge in [0.2, 0.25) is 0 Å². The maximum absolute atomic E-state index is 12.9. The molecule has 31 heavy (non-hydrogen) atoms. The fourth-order valence-electron chi connectivity index (χ4n) is 4.15. The third-order valence-electron chi connectivity index (χ3n) is 5.45. The van der Waals surface area contributed by atoms with Crippen molar-refractivity contribution in [1.29, 1.82) is 0 Å². The number of halogens is 1. The summed E-state index contributed by atoms with van der Waals surface area (Å²) in [5.41, 5.74) is 5.94. The first-order valence-corrected chi connectivity index (χ1v) is 10.2. The van der Waals surface area contributed by atoms with Crippen molar-refractivity contribution in [2.75, 3.05) is 10.2 Å². The van der Waals surface area contributed by atoms with Gasteiger partial charge in [-0.05, 0) is 80.8 Å². The third-order valence-corrected chi connectivity index (χ3v) is 5.68. The summed E-state index contributed by atoms with van der Waals surface area (Å²) in [4.78, 5) is 39.7. The summed E-state index contributed by atoms with van der Waals surface area (Å²) in [7, 11) is 0. The lowest BCUT2D eigenvalue weighted by molar-refractivity contribution is 0.0924. The van der Waals surface area contributed by atoms with Gasteiger partial charge in [-0.15, -0.1) is 0 Å². The summed E-state index contributed by atoms with van der Waals surface area (Å²) in [5.74, 6) is -0.992. The number of aryl methyl sites for hydroxylation is 4. The maximum atomic E-state index is 12.9. The van der Waals surface area contributed by atoms with Crippen LogP contribution in [0.5, 0.6) is 0 Å². The van der Waals surface area contributed by atoms with E-state index in [0.717, 1.165) is 21.6 Å². The van der Waals surface area contributed by atoms with Gasteiger partial charge in [0.15, 0.2) is 0 Å². The minimum absolute atomic E-state index is 0.197. The summed E-state index contributed by atoms with van der Waals surface area (Å²) in [6, 6.07) is 13.7. The number of anilines is 2. The summed E-state index contributed by atoms with van der Waals surface area (Å²) in [6.07, 6.45) is 0. The zero-order chi connectivity index (χ0) is 22.4. The van der Waals surface area contributed by atoms with Crippen molar-refractivity contribution in [2.24, 2.45) is 0 Å². The van der Waals surface area contributed by atoms with Gasteiger partial charge < -0.3 is 5.32 Å². The molecule has 0 bridgehead atoms. The Morgan fingerprint density at radius 3 is 2.10 bits per heavy atom. The first-order chi connectivity index (χ1) is 14.7. The van der Waals surface area contributed by atoms with Crippen LogP contribution in [0.15, 0.2) is 48.5 Å². The van der Waals surface area contributed by atoms with Crippen LogP contribution < -0.4 is 10.2 Å². The van der Waals surface area contributed by atoms with E-state index in [-0.39, 0.29) is 11.8 Å². The number of nitrogens with zero attached hydrogens (tertiary/aromatic N) is 1. The monoisotopic (exact) mass is 432 g/mol. The van der Waals surface area contributed by atoms with Crippen molar-refractivity contribution in [3.63, 3.8) is 0 Å². The largest absolute Gasteiger partial charge is 0.322 e. The number of amides is 3. The van der Waals surface area contributed by atoms with Gasteiger partial charge in [-0.1, -0.05) is 29.3 Å². The second-order valence-electron chi connectivity index (χ2n) is 7.86. The fourth-order valence-corrected chi connectivity index (χ4v) is 4.32. The molecule has 4 rings (SSSR count). The number of imide groups is 1. The van der Waals surface area contributed by atoms with Gasteiger partial charge in [0, 0.05) is 16.3 Å². The van der Waals surface area contributed by atoms with E-state index in [4.69, 9.17) is 11.6 Å². The Hall–Kier alpha value is -3.44. The van der Waals surface area contributed by atoms with Crippen molar-refractivity contribution in [2.45, 2.75) is 27.7 Å². The Morgan fingerprint density at radius 1 is 0.806 bits per heavy atom. The van der Waals surface area contributed by atoms with E-state index in [2.05, 4.69) is 5.32 Å². The number of hydrogen-bond acceptors (Lipinski definition) is 3. The van der Waals surface area contributed by atoms with E-state index in [0.29, 0.717) is 38.7 Å². The molecule has 0 saturated heterocycles. The lowest BCUT2D eigenvalue weighted by atomic mass is 9.99. The van der Waals surface area contributed by atoms with Crippen LogP contribution >= 0.6 is 11.6 Å². The van der Waals surface area contributed by atoms with Crippen molar-refractivity contribution < 1.29 is 14.4 Å². The second-order valence-corrected chi connectivity index (χ2v) is 8.30. The van der Waals surface area contributed by atoms with Crippen LogP contribution in [0.3, 0.4) is 0 Å². The summed E-state index contributed by atoms with van der Waals surface area (Å²) in [6.45, 7) is 7.62. The smallest absolute Gasteiger partial charge is 0.266 e. The van der Waals surface area contributed by atoms with Gasteiger partial charge in [0.05, 0.1) is 16.8 Å². The summed E-state index contributed by atoms with van der Waals surface area (Å²) in [5, 5.41) is 3.32. The van der Waals surface area contributed by atoms with Crippen LogP contribution in [0.4, 0.5) is 11.4 Å². The van der Waals surface area contributed by atoms with Crippen LogP contribution in [0.1, 0.15) is 53.3 Å². The highest BCUT2D eigenvalue weighted by molar-refractivity contribution is 6.37. The molecule has 3 aromatic rings. The zero-order valence-electron chi connectivity index (χ0n) is 17.7. The highest BCUT2D eigenvalue weighted by Crippen LogP contribution is 2.33. The van der Waals surface area contributed by atoms with Crippen molar-refractivity contribution in [1.82, 2.24) is 0 Å². The fraction of sp³-hybridized carbons (Fsp3) is 0.160. The predicted octanol–water partition coefficient (Wildman–Crippen LogP) is 5.63. The highest BCUT2D eigenvalue weighted by atomic mass is 35.5. The van der Waals surface area contributed by atoms with Gasteiger partial charge >= 0.3 is 0 Å². The second kappa shape index (κ2) is 7.67. The molecule has 0 aliphatic carbocycles. The first-order valence-electron chi connectivity index (χ1n) is 9.85. The number of fused-ring (bicyclic) bond motifs is 1. The predicted molar refractivity (Wildman–Crippen MR) is 122 cm³/mol. The number of carbonyl (C=O) groups is 3. The number of nitrogens with one attached hydrogen (secondary N) is 1. The Bertz CT molecular complexity index is 1260. The Balaban J connectivity index is 1.62. The topological polar surface area (TPSA) is 66.5 Å². The molecule has 1 heterocycles. The molecule has 0 radical (unpaired) electrons. The van der Waals surface area contributed by atoms with E-state index in [1.807, 2.05) is 32.9 Å². The third kappa shape index (κ3) is 3.62. The van der Waals surface area contributed by atoms with Crippen molar-refractivity contribution >= 4 is 40.7 Å². The molecular weight excluding hydrogens is 412 g/mol. The van der Waals surface area contributed by atoms with E-state index in [1.54, 1.807) is 37.3 Å². The maximum Gasteiger partial charge on any atom is 0.266 e. The quantitative estimate of drug-likeness (QED) is 0.545. The molecule has 0 aromatic heterocycles. The Labute approximate surface area is 185 Å². The normalized spacial score (nSPS) is 12.9. The molecule has 5 nitrogen and oxygen atoms in total. The molecule has 1 aliphatic rings. The zero-order valence-corrected chi connectivity index (χ0v) is 18.4. The molecule has 0 fully saturated rings. The number of carbonyl (C=O) groups excluding carboxylic acids is 3. The van der Waals surface area contributed by atoms with E-state index >= 15 is 0 Å². The lowest BCUT2D eigenvalue weighted by Gasteiger charge is -2.18. The molecule has 0 unspecified atom stereocenters. The van der Waals surface area contributed by atoms with Crippen molar-refractivity contribution in [3.05, 3.63) is 92.5 Å². The highest BCUT2D eigenvalue weighted by Gasteiger charge is 2.37. The van der Waals surface area contributed by atoms with Gasteiger partial charge in [0.1, 0.15) is 0 Å². The van der Waals surface area contributed by atoms with E-state index in [1.165, 1.54) is 6.07 Å². The minimum Gasteiger partial charge on any atom is -0.322 e. The number of rotatable bonds is 3. The minimum atomic E-state index is -0.409. The summed E-state index contributed by atoms with van der Waals surface area (Å²) < 4.78 is 0. The molecule has 0 atom stereocenters. The Morgan fingerprint density at radius 2 is 1.45 bits per heavy atom. The number of benzene rings is 3. The molecule has 1 N–H and O–H groups in total. The molecule has 156 valence electrons. The molecule has 3 aromatic carbocycles. The van der Waals surface area contributed by atoms with Gasteiger partial charge in [-0.3, -0.25) is 14.4 Å². The van der Waals surface area contributed by atoms with Crippen LogP contribution in [0.2, 0.25) is 5.02 Å². The van der Waals surface area contributed by atoms with E-state index < -0.39 is 5.91 Å². The molecular formula is C25H21ClN2O3. The van der Waals surface area contributed by atoms with Crippen molar-refractivity contribution in [3.8, 4) is 0 Å². The lowest BCUT2D eigenvalue weighted by Crippen LogP contribution is -2.30. The average Bonchev–Trinajstić information content (AvgIpc) is 2.91. The molecule has 0 spiro atoms. The van der Waals surface area contributed by atoms with Crippen LogP contribution in [0.25, 0.3) is 0 Å². The number of hydrogen-bond donors (Lipinski definition) is 1. The average molecular weight is 433 g/mol. The van der Waals surface area contributed by atoms with E-state index in [9.17, 15) is 14.4 Å². The summed E-state index contributed by atoms with van der Waals surface area (Å²) >= 11 is 5.99. The SMILES string of the molecule is Cc1cc(C)c(C(=O)Nc2ccc(N3C(=O)c4ccc(Cl)cc4C3=O)c(C)c2)c(C)c1. The van der Waals surface area contributed by atoms with Crippen LogP contribution in [-0.4, -0.2) is 17.7 Å². The molecule has 3 amide bonds. The Kier molecular flexibility index (Phi) is 5.15. The molecule has 6 heteroatoms. The van der Waals surface area contributed by atoms with Gasteiger partial charge in [0.25, 0.3) is 17.7 Å². The van der Waals surface area contributed by atoms with Gasteiger partial charge in [-0.2, -0.15) is 0 Å². The van der Waals surface area contributed by atoms with Crippen LogP contribution in [0, 0.1) is 27.7 Å². The molecule has 0 saturated carbocycles. The van der Waals surface area contributed by atoms with Crippen LogP contribution in [-0.2, 0) is 0 Å².